The molecule has 0 saturated heterocycles. The number of hydrazone groups is 1. The van der Waals surface area contributed by atoms with Gasteiger partial charge in [-0.25, -0.2) is 5.43 Å². The molecule has 0 aliphatic rings. The fourth-order valence-electron chi connectivity index (χ4n) is 2.14. The lowest BCUT2D eigenvalue weighted by molar-refractivity contribution is -0.124. The highest BCUT2D eigenvalue weighted by atomic mass is 16.5. The second kappa shape index (κ2) is 9.98. The standard InChI is InChI=1S/C20H23N3O3/c1-3-26-18-10-8-17(9-11-18)22-19(24)12-13-20(25)23-21-14-16-6-4-15(2)5-7-16/h4-11,14H,3,12-13H2,1-2H3,(H,22,24)(H,23,25). The third-order valence-corrected chi connectivity index (χ3v) is 3.51. The van der Waals surface area contributed by atoms with Gasteiger partial charge in [0, 0.05) is 18.5 Å². The lowest BCUT2D eigenvalue weighted by Gasteiger charge is -2.07. The molecule has 0 spiro atoms. The summed E-state index contributed by atoms with van der Waals surface area (Å²) < 4.78 is 5.34. The van der Waals surface area contributed by atoms with Gasteiger partial charge in [-0.05, 0) is 43.7 Å². The zero-order valence-electron chi connectivity index (χ0n) is 15.0. The van der Waals surface area contributed by atoms with E-state index >= 15 is 0 Å². The van der Waals surface area contributed by atoms with Crippen molar-refractivity contribution in [1.82, 2.24) is 5.43 Å². The molecule has 0 radical (unpaired) electrons. The monoisotopic (exact) mass is 353 g/mol. The SMILES string of the molecule is CCOc1ccc(NC(=O)CCC(=O)NN=Cc2ccc(C)cc2)cc1. The summed E-state index contributed by atoms with van der Waals surface area (Å²) in [4.78, 5) is 23.6. The molecule has 0 unspecified atom stereocenters. The van der Waals surface area contributed by atoms with Crippen molar-refractivity contribution in [2.75, 3.05) is 11.9 Å². The third-order valence-electron chi connectivity index (χ3n) is 3.51. The lowest BCUT2D eigenvalue weighted by Crippen LogP contribution is -2.20. The first-order chi connectivity index (χ1) is 12.6. The fraction of sp³-hybridized carbons (Fsp3) is 0.250. The van der Waals surface area contributed by atoms with Crippen molar-refractivity contribution in [3.05, 3.63) is 59.7 Å². The van der Waals surface area contributed by atoms with E-state index < -0.39 is 0 Å². The molecule has 0 heterocycles. The van der Waals surface area contributed by atoms with Crippen LogP contribution in [0, 0.1) is 6.92 Å². The Morgan fingerprint density at radius 2 is 1.65 bits per heavy atom. The molecular weight excluding hydrogens is 330 g/mol. The Balaban J connectivity index is 1.70. The van der Waals surface area contributed by atoms with Gasteiger partial charge in [0.25, 0.3) is 0 Å². The van der Waals surface area contributed by atoms with Gasteiger partial charge in [-0.15, -0.1) is 0 Å². The smallest absolute Gasteiger partial charge is 0.240 e. The number of nitrogens with one attached hydrogen (secondary N) is 2. The highest BCUT2D eigenvalue weighted by molar-refractivity contribution is 5.93. The largest absolute Gasteiger partial charge is 0.494 e. The third kappa shape index (κ3) is 6.76. The molecule has 0 aliphatic heterocycles. The van der Waals surface area contributed by atoms with Gasteiger partial charge in [-0.1, -0.05) is 29.8 Å². The number of aryl methyl sites for hydroxylation is 1. The Bertz CT molecular complexity index is 753. The van der Waals surface area contributed by atoms with E-state index in [1.54, 1.807) is 30.5 Å². The molecule has 2 aromatic rings. The molecule has 26 heavy (non-hydrogen) atoms. The number of amides is 2. The van der Waals surface area contributed by atoms with Gasteiger partial charge < -0.3 is 10.1 Å². The van der Waals surface area contributed by atoms with Gasteiger partial charge in [0.2, 0.25) is 11.8 Å². The first-order valence-corrected chi connectivity index (χ1v) is 8.48. The summed E-state index contributed by atoms with van der Waals surface area (Å²) in [5.74, 6) is 0.207. The fourth-order valence-corrected chi connectivity index (χ4v) is 2.14. The van der Waals surface area contributed by atoms with Crippen LogP contribution in [0.25, 0.3) is 0 Å². The van der Waals surface area contributed by atoms with E-state index in [0.29, 0.717) is 12.3 Å². The first kappa shape index (κ1) is 19.2. The summed E-state index contributed by atoms with van der Waals surface area (Å²) in [6.45, 7) is 4.50. The highest BCUT2D eigenvalue weighted by Crippen LogP contribution is 2.15. The number of hydrogen-bond donors (Lipinski definition) is 2. The van der Waals surface area contributed by atoms with E-state index in [9.17, 15) is 9.59 Å². The Hall–Kier alpha value is -3.15. The van der Waals surface area contributed by atoms with Gasteiger partial charge in [-0.3, -0.25) is 9.59 Å². The van der Waals surface area contributed by atoms with Crippen molar-refractivity contribution in [1.29, 1.82) is 0 Å². The molecule has 136 valence electrons. The molecule has 0 bridgehead atoms. The summed E-state index contributed by atoms with van der Waals surface area (Å²) in [5.41, 5.74) is 5.13. The maximum Gasteiger partial charge on any atom is 0.240 e. The molecule has 0 atom stereocenters. The van der Waals surface area contributed by atoms with Crippen LogP contribution in [0.1, 0.15) is 30.9 Å². The zero-order valence-corrected chi connectivity index (χ0v) is 15.0. The van der Waals surface area contributed by atoms with Crippen molar-refractivity contribution in [3.63, 3.8) is 0 Å². The predicted molar refractivity (Wildman–Crippen MR) is 102 cm³/mol. The van der Waals surface area contributed by atoms with E-state index in [0.717, 1.165) is 16.9 Å². The van der Waals surface area contributed by atoms with E-state index in [1.807, 2.05) is 38.1 Å². The number of carbonyl (C=O) groups is 2. The van der Waals surface area contributed by atoms with Gasteiger partial charge >= 0.3 is 0 Å². The van der Waals surface area contributed by atoms with Crippen molar-refractivity contribution >= 4 is 23.7 Å². The Morgan fingerprint density at radius 3 is 2.31 bits per heavy atom. The van der Waals surface area contributed by atoms with Gasteiger partial charge in [0.1, 0.15) is 5.75 Å². The number of ether oxygens (including phenoxy) is 1. The summed E-state index contributed by atoms with van der Waals surface area (Å²) in [7, 11) is 0. The molecule has 0 aliphatic carbocycles. The van der Waals surface area contributed by atoms with Gasteiger partial charge in [0.05, 0.1) is 12.8 Å². The maximum atomic E-state index is 11.9. The van der Waals surface area contributed by atoms with Crippen LogP contribution >= 0.6 is 0 Å². The number of nitrogens with zero attached hydrogens (tertiary/aromatic N) is 1. The number of hydrogen-bond acceptors (Lipinski definition) is 4. The molecule has 2 aromatic carbocycles. The first-order valence-electron chi connectivity index (χ1n) is 8.48. The summed E-state index contributed by atoms with van der Waals surface area (Å²) in [5, 5.41) is 6.63. The van der Waals surface area contributed by atoms with Crippen LogP contribution in [0.3, 0.4) is 0 Å². The Morgan fingerprint density at radius 1 is 1.00 bits per heavy atom. The molecular formula is C20H23N3O3. The van der Waals surface area contributed by atoms with E-state index in [1.165, 1.54) is 0 Å². The molecule has 6 heteroatoms. The number of anilines is 1. The van der Waals surface area contributed by atoms with Gasteiger partial charge in [-0.2, -0.15) is 5.10 Å². The molecule has 0 saturated carbocycles. The Kier molecular flexibility index (Phi) is 7.36. The average molecular weight is 353 g/mol. The molecule has 2 amide bonds. The quantitative estimate of drug-likeness (QED) is 0.565. The molecule has 0 aromatic heterocycles. The van der Waals surface area contributed by atoms with Crippen LogP contribution in [0.2, 0.25) is 0 Å². The van der Waals surface area contributed by atoms with Crippen LogP contribution < -0.4 is 15.5 Å². The summed E-state index contributed by atoms with van der Waals surface area (Å²) in [6.07, 6.45) is 1.71. The molecule has 2 N–H and O–H groups in total. The Labute approximate surface area is 153 Å². The van der Waals surface area contributed by atoms with Crippen molar-refractivity contribution < 1.29 is 14.3 Å². The summed E-state index contributed by atoms with van der Waals surface area (Å²) in [6, 6.07) is 14.8. The summed E-state index contributed by atoms with van der Waals surface area (Å²) >= 11 is 0. The van der Waals surface area contributed by atoms with E-state index in [4.69, 9.17) is 4.74 Å². The van der Waals surface area contributed by atoms with Crippen LogP contribution in [-0.4, -0.2) is 24.6 Å². The van der Waals surface area contributed by atoms with Crippen molar-refractivity contribution in [2.45, 2.75) is 26.7 Å². The van der Waals surface area contributed by atoms with Crippen molar-refractivity contribution in [2.24, 2.45) is 5.10 Å². The van der Waals surface area contributed by atoms with Gasteiger partial charge in [0.15, 0.2) is 0 Å². The number of carbonyl (C=O) groups excluding carboxylic acids is 2. The second-order valence-electron chi connectivity index (χ2n) is 5.71. The van der Waals surface area contributed by atoms with E-state index in [-0.39, 0.29) is 24.7 Å². The maximum absolute atomic E-state index is 11.9. The number of rotatable bonds is 8. The predicted octanol–water partition coefficient (Wildman–Crippen LogP) is 3.26. The normalized spacial score (nSPS) is 10.5. The minimum Gasteiger partial charge on any atom is -0.494 e. The minimum atomic E-state index is -0.310. The highest BCUT2D eigenvalue weighted by Gasteiger charge is 2.07. The van der Waals surface area contributed by atoms with Crippen LogP contribution in [0.5, 0.6) is 5.75 Å². The molecule has 6 nitrogen and oxygen atoms in total. The molecule has 2 rings (SSSR count). The zero-order chi connectivity index (χ0) is 18.8. The van der Waals surface area contributed by atoms with Crippen LogP contribution in [0.15, 0.2) is 53.6 Å². The minimum absolute atomic E-state index is 0.0636. The molecule has 0 fully saturated rings. The lowest BCUT2D eigenvalue weighted by atomic mass is 10.2. The van der Waals surface area contributed by atoms with Crippen LogP contribution in [-0.2, 0) is 9.59 Å². The topological polar surface area (TPSA) is 79.8 Å². The van der Waals surface area contributed by atoms with E-state index in [2.05, 4.69) is 15.8 Å². The second-order valence-corrected chi connectivity index (χ2v) is 5.71. The van der Waals surface area contributed by atoms with Crippen molar-refractivity contribution in [3.8, 4) is 5.75 Å². The average Bonchev–Trinajstić information content (AvgIpc) is 2.63. The number of benzene rings is 2. The van der Waals surface area contributed by atoms with Crippen LogP contribution in [0.4, 0.5) is 5.69 Å².